The number of anilines is 2. The van der Waals surface area contributed by atoms with Crippen LogP contribution in [0.5, 0.6) is 5.75 Å². The van der Waals surface area contributed by atoms with E-state index < -0.39 is 0 Å². The average Bonchev–Trinajstić information content (AvgIpc) is 3.04. The summed E-state index contributed by atoms with van der Waals surface area (Å²) in [7, 11) is 0. The lowest BCUT2D eigenvalue weighted by atomic mass is 10.2. The lowest BCUT2D eigenvalue weighted by Gasteiger charge is -2.28. The third-order valence-corrected chi connectivity index (χ3v) is 4.35. The number of carbonyl (C=O) groups excluding carboxylic acids is 3. The molecule has 1 aliphatic heterocycles. The van der Waals surface area contributed by atoms with Crippen molar-refractivity contribution in [2.75, 3.05) is 30.0 Å². The minimum Gasteiger partial charge on any atom is -0.482 e. The SMILES string of the molecule is CCOC(=O)Cc1csc(NC(=O)CN2C(=O)COc3ccccc32)n1. The fourth-order valence-corrected chi connectivity index (χ4v) is 3.16. The summed E-state index contributed by atoms with van der Waals surface area (Å²) in [4.78, 5) is 41.4. The van der Waals surface area contributed by atoms with Crippen molar-refractivity contribution in [2.24, 2.45) is 0 Å². The van der Waals surface area contributed by atoms with Crippen LogP contribution in [0.2, 0.25) is 0 Å². The first-order chi connectivity index (χ1) is 12.6. The van der Waals surface area contributed by atoms with Gasteiger partial charge in [0.25, 0.3) is 5.91 Å². The fourth-order valence-electron chi connectivity index (χ4n) is 2.44. The molecular weight excluding hydrogens is 358 g/mol. The number of aromatic nitrogens is 1. The Morgan fingerprint density at radius 1 is 1.38 bits per heavy atom. The van der Waals surface area contributed by atoms with Crippen LogP contribution in [-0.4, -0.2) is 42.5 Å². The summed E-state index contributed by atoms with van der Waals surface area (Å²) in [5.41, 5.74) is 1.08. The van der Waals surface area contributed by atoms with Crippen molar-refractivity contribution >= 4 is 39.9 Å². The van der Waals surface area contributed by atoms with Crippen LogP contribution in [0.3, 0.4) is 0 Å². The molecule has 0 saturated heterocycles. The minimum absolute atomic E-state index is 0.0511. The second kappa shape index (κ2) is 7.96. The number of para-hydroxylation sites is 2. The van der Waals surface area contributed by atoms with Crippen LogP contribution in [0.1, 0.15) is 12.6 Å². The molecular formula is C17H17N3O5S. The second-order valence-electron chi connectivity index (χ2n) is 5.41. The van der Waals surface area contributed by atoms with Gasteiger partial charge in [-0.3, -0.25) is 19.3 Å². The summed E-state index contributed by atoms with van der Waals surface area (Å²) in [6, 6.07) is 7.04. The van der Waals surface area contributed by atoms with E-state index in [9.17, 15) is 14.4 Å². The molecule has 1 aliphatic rings. The number of nitrogens with one attached hydrogen (secondary N) is 1. The zero-order valence-electron chi connectivity index (χ0n) is 14.1. The van der Waals surface area contributed by atoms with Gasteiger partial charge < -0.3 is 14.8 Å². The topological polar surface area (TPSA) is 97.8 Å². The summed E-state index contributed by atoms with van der Waals surface area (Å²) in [5, 5.41) is 4.69. The highest BCUT2D eigenvalue weighted by atomic mass is 32.1. The predicted molar refractivity (Wildman–Crippen MR) is 95.4 cm³/mol. The lowest BCUT2D eigenvalue weighted by Crippen LogP contribution is -2.43. The van der Waals surface area contributed by atoms with Crippen molar-refractivity contribution in [3.05, 3.63) is 35.3 Å². The maximum atomic E-state index is 12.3. The Labute approximate surface area is 153 Å². The van der Waals surface area contributed by atoms with Crippen molar-refractivity contribution in [3.8, 4) is 5.75 Å². The molecule has 0 saturated carbocycles. The van der Waals surface area contributed by atoms with Gasteiger partial charge in [-0.05, 0) is 19.1 Å². The highest BCUT2D eigenvalue weighted by Gasteiger charge is 2.27. The number of esters is 1. The molecule has 1 N–H and O–H groups in total. The zero-order chi connectivity index (χ0) is 18.5. The second-order valence-corrected chi connectivity index (χ2v) is 6.27. The maximum Gasteiger partial charge on any atom is 0.311 e. The number of fused-ring (bicyclic) bond motifs is 1. The molecule has 8 nitrogen and oxygen atoms in total. The minimum atomic E-state index is -0.382. The van der Waals surface area contributed by atoms with Crippen molar-refractivity contribution in [1.82, 2.24) is 4.98 Å². The Balaban J connectivity index is 1.62. The molecule has 0 atom stereocenters. The molecule has 0 unspecified atom stereocenters. The Kier molecular flexibility index (Phi) is 5.47. The van der Waals surface area contributed by atoms with Crippen LogP contribution in [0.15, 0.2) is 29.6 Å². The first-order valence-corrected chi connectivity index (χ1v) is 8.87. The standard InChI is InChI=1S/C17H17N3O5S/c1-2-24-16(23)7-11-10-26-17(18-11)19-14(21)8-20-12-5-3-4-6-13(12)25-9-15(20)22/h3-6,10H,2,7-9H2,1H3,(H,18,19,21). The number of ether oxygens (including phenoxy) is 2. The number of rotatable bonds is 6. The summed E-state index contributed by atoms with van der Waals surface area (Å²) >= 11 is 1.21. The van der Waals surface area contributed by atoms with E-state index in [2.05, 4.69) is 10.3 Å². The highest BCUT2D eigenvalue weighted by Crippen LogP contribution is 2.31. The Bertz CT molecular complexity index is 835. The van der Waals surface area contributed by atoms with E-state index in [1.165, 1.54) is 16.2 Å². The maximum absolute atomic E-state index is 12.3. The van der Waals surface area contributed by atoms with Crippen LogP contribution >= 0.6 is 11.3 Å². The van der Waals surface area contributed by atoms with Crippen molar-refractivity contribution in [3.63, 3.8) is 0 Å². The predicted octanol–water partition coefficient (Wildman–Crippen LogP) is 1.61. The monoisotopic (exact) mass is 375 g/mol. The van der Waals surface area contributed by atoms with Crippen molar-refractivity contribution in [2.45, 2.75) is 13.3 Å². The van der Waals surface area contributed by atoms with Gasteiger partial charge in [-0.1, -0.05) is 12.1 Å². The van der Waals surface area contributed by atoms with Gasteiger partial charge in [-0.25, -0.2) is 4.98 Å². The fraction of sp³-hybridized carbons (Fsp3) is 0.294. The van der Waals surface area contributed by atoms with E-state index >= 15 is 0 Å². The first-order valence-electron chi connectivity index (χ1n) is 7.99. The molecule has 2 amide bonds. The largest absolute Gasteiger partial charge is 0.482 e. The summed E-state index contributed by atoms with van der Waals surface area (Å²) in [6.07, 6.45) is 0.0511. The highest BCUT2D eigenvalue weighted by molar-refractivity contribution is 7.13. The summed E-state index contributed by atoms with van der Waals surface area (Å²) < 4.78 is 10.2. The van der Waals surface area contributed by atoms with Crippen molar-refractivity contribution < 1.29 is 23.9 Å². The number of nitrogens with zero attached hydrogens (tertiary/aromatic N) is 2. The van der Waals surface area contributed by atoms with Crippen LogP contribution < -0.4 is 15.0 Å². The number of thiazole rings is 1. The Morgan fingerprint density at radius 3 is 3.00 bits per heavy atom. The van der Waals surface area contributed by atoms with E-state index in [1.54, 1.807) is 36.6 Å². The van der Waals surface area contributed by atoms with Gasteiger partial charge in [0.2, 0.25) is 5.91 Å². The van der Waals surface area contributed by atoms with Gasteiger partial charge in [0, 0.05) is 5.38 Å². The van der Waals surface area contributed by atoms with E-state index in [0.717, 1.165) is 0 Å². The van der Waals surface area contributed by atoms with Crippen LogP contribution in [0, 0.1) is 0 Å². The Hall–Kier alpha value is -2.94. The molecule has 0 aliphatic carbocycles. The quantitative estimate of drug-likeness (QED) is 0.771. The normalized spacial score (nSPS) is 13.0. The number of carbonyl (C=O) groups is 3. The van der Waals surface area contributed by atoms with Gasteiger partial charge in [0.1, 0.15) is 12.3 Å². The molecule has 1 aromatic heterocycles. The molecule has 0 fully saturated rings. The Morgan fingerprint density at radius 2 is 2.19 bits per heavy atom. The van der Waals surface area contributed by atoms with E-state index in [4.69, 9.17) is 9.47 Å². The third kappa shape index (κ3) is 4.17. The van der Waals surface area contributed by atoms with Gasteiger partial charge in [0.15, 0.2) is 11.7 Å². The van der Waals surface area contributed by atoms with E-state index in [-0.39, 0.29) is 37.4 Å². The number of hydrogen-bond donors (Lipinski definition) is 1. The van der Waals surface area contributed by atoms with Crippen molar-refractivity contribution in [1.29, 1.82) is 0 Å². The summed E-state index contributed by atoms with van der Waals surface area (Å²) in [5.74, 6) is -0.481. The molecule has 0 spiro atoms. The molecule has 0 radical (unpaired) electrons. The van der Waals surface area contributed by atoms with Crippen LogP contribution in [-0.2, 0) is 25.5 Å². The molecule has 3 rings (SSSR count). The van der Waals surface area contributed by atoms with Crippen LogP contribution in [0.4, 0.5) is 10.8 Å². The van der Waals surface area contributed by atoms with E-state index in [1.807, 2.05) is 0 Å². The lowest BCUT2D eigenvalue weighted by molar-refractivity contribution is -0.142. The number of benzene rings is 1. The molecule has 0 bridgehead atoms. The summed E-state index contributed by atoms with van der Waals surface area (Å²) in [6.45, 7) is 1.79. The van der Waals surface area contributed by atoms with E-state index in [0.29, 0.717) is 28.9 Å². The molecule has 2 heterocycles. The molecule has 9 heteroatoms. The molecule has 2 aromatic rings. The molecule has 26 heavy (non-hydrogen) atoms. The third-order valence-electron chi connectivity index (χ3n) is 3.54. The zero-order valence-corrected chi connectivity index (χ0v) is 14.9. The first kappa shape index (κ1) is 17.9. The number of amides is 2. The number of hydrogen-bond acceptors (Lipinski definition) is 7. The van der Waals surface area contributed by atoms with Gasteiger partial charge >= 0.3 is 5.97 Å². The molecule has 136 valence electrons. The van der Waals surface area contributed by atoms with Crippen LogP contribution in [0.25, 0.3) is 0 Å². The van der Waals surface area contributed by atoms with Gasteiger partial charge in [0.05, 0.1) is 24.4 Å². The molecule has 1 aromatic carbocycles. The van der Waals surface area contributed by atoms with Gasteiger partial charge in [-0.2, -0.15) is 0 Å². The smallest absolute Gasteiger partial charge is 0.311 e. The van der Waals surface area contributed by atoms with Gasteiger partial charge in [-0.15, -0.1) is 11.3 Å². The average molecular weight is 375 g/mol.